The molecule has 2 amide bonds. The monoisotopic (exact) mass is 556 g/mol. The van der Waals surface area contributed by atoms with Gasteiger partial charge in [-0.05, 0) is 80.4 Å². The fourth-order valence-corrected chi connectivity index (χ4v) is 7.25. The number of hydrogen-bond acceptors (Lipinski definition) is 6. The summed E-state index contributed by atoms with van der Waals surface area (Å²) >= 11 is 0. The molecule has 2 saturated heterocycles. The maximum atomic E-state index is 15.0. The number of ether oxygens (including phenoxy) is 2. The third-order valence-electron chi connectivity index (χ3n) is 8.28. The summed E-state index contributed by atoms with van der Waals surface area (Å²) in [6.07, 6.45) is 6.01. The highest BCUT2D eigenvalue weighted by atomic mass is 32.2. The Bertz CT molecular complexity index is 1350. The van der Waals surface area contributed by atoms with Crippen LogP contribution < -0.4 is 9.46 Å². The van der Waals surface area contributed by atoms with Crippen LogP contribution in [0.1, 0.15) is 78.8 Å². The highest BCUT2D eigenvalue weighted by molar-refractivity contribution is 7.91. The number of halogens is 1. The number of nitrogens with one attached hydrogen (secondary N) is 1. The first-order valence-electron chi connectivity index (χ1n) is 13.8. The first kappa shape index (κ1) is 26.1. The molecule has 0 spiro atoms. The number of fused-ring (bicyclic) bond motifs is 2. The van der Waals surface area contributed by atoms with Crippen molar-refractivity contribution in [1.29, 1.82) is 0 Å². The van der Waals surface area contributed by atoms with Gasteiger partial charge >= 0.3 is 6.09 Å². The van der Waals surface area contributed by atoms with E-state index in [1.165, 1.54) is 12.1 Å². The number of rotatable bonds is 9. The van der Waals surface area contributed by atoms with Crippen molar-refractivity contribution in [3.8, 4) is 5.75 Å². The van der Waals surface area contributed by atoms with Gasteiger partial charge in [0.2, 0.25) is 10.0 Å². The molecule has 1 unspecified atom stereocenters. The molecule has 8 nitrogen and oxygen atoms in total. The van der Waals surface area contributed by atoms with Crippen LogP contribution in [-0.4, -0.2) is 49.3 Å². The number of nitrogens with zero attached hydrogens (tertiary/aromatic N) is 1. The van der Waals surface area contributed by atoms with Crippen molar-refractivity contribution in [3.63, 3.8) is 0 Å². The standard InChI is InChI=1S/C29H33FN2O6S/c30-26-15-27(24(20-6-7-20)14-25(26)28(33)31-39(35,36)23-10-11-23)37-17-19-12-21-8-9-22(13-19)32(21)29(34)38-16-18-4-2-1-3-5-18/h1-5,14-15,19-23H,6-13,16-17H2,(H,31,33)/t19?,21-,22+. The summed E-state index contributed by atoms with van der Waals surface area (Å²) in [6.45, 7) is 0.638. The van der Waals surface area contributed by atoms with Gasteiger partial charge in [-0.1, -0.05) is 30.3 Å². The second-order valence-electron chi connectivity index (χ2n) is 11.3. The summed E-state index contributed by atoms with van der Waals surface area (Å²) in [5, 5.41) is -0.567. The number of amides is 2. The van der Waals surface area contributed by atoms with Crippen molar-refractivity contribution in [3.05, 3.63) is 65.0 Å². The Morgan fingerprint density at radius 1 is 0.974 bits per heavy atom. The van der Waals surface area contributed by atoms with Gasteiger partial charge in [0.1, 0.15) is 18.2 Å². The molecule has 39 heavy (non-hydrogen) atoms. The average Bonchev–Trinajstić information content (AvgIpc) is 3.82. The van der Waals surface area contributed by atoms with E-state index in [1.54, 1.807) is 0 Å². The molecule has 2 aliphatic carbocycles. The van der Waals surface area contributed by atoms with Crippen LogP contribution in [0.15, 0.2) is 42.5 Å². The van der Waals surface area contributed by atoms with Crippen LogP contribution in [0.25, 0.3) is 0 Å². The zero-order valence-corrected chi connectivity index (χ0v) is 22.5. The number of piperidine rings is 1. The smallest absolute Gasteiger partial charge is 0.410 e. The number of carbonyl (C=O) groups excluding carboxylic acids is 2. The minimum Gasteiger partial charge on any atom is -0.493 e. The molecular weight excluding hydrogens is 523 g/mol. The molecular formula is C29H33FN2O6S. The van der Waals surface area contributed by atoms with Crippen molar-refractivity contribution in [2.45, 2.75) is 81.2 Å². The minimum atomic E-state index is -3.77. The van der Waals surface area contributed by atoms with Crippen molar-refractivity contribution in [1.82, 2.24) is 9.62 Å². The maximum Gasteiger partial charge on any atom is 0.410 e. The summed E-state index contributed by atoms with van der Waals surface area (Å²) in [7, 11) is -3.77. The Balaban J connectivity index is 1.08. The van der Waals surface area contributed by atoms with Crippen LogP contribution in [0, 0.1) is 11.7 Å². The fraction of sp³-hybridized carbons (Fsp3) is 0.517. The predicted molar refractivity (Wildman–Crippen MR) is 141 cm³/mol. The highest BCUT2D eigenvalue weighted by Crippen LogP contribution is 2.46. The van der Waals surface area contributed by atoms with Crippen LogP contribution in [0.2, 0.25) is 0 Å². The lowest BCUT2D eigenvalue weighted by Gasteiger charge is -2.38. The van der Waals surface area contributed by atoms with E-state index in [-0.39, 0.29) is 42.2 Å². The van der Waals surface area contributed by atoms with Crippen LogP contribution in [0.4, 0.5) is 9.18 Å². The molecule has 4 aliphatic rings. The van der Waals surface area contributed by atoms with Gasteiger partial charge in [0.15, 0.2) is 0 Å². The molecule has 1 N–H and O–H groups in total. The van der Waals surface area contributed by atoms with Gasteiger partial charge in [0.05, 0.1) is 17.4 Å². The summed E-state index contributed by atoms with van der Waals surface area (Å²) in [5.41, 5.74) is 1.43. The van der Waals surface area contributed by atoms with Crippen molar-refractivity contribution < 1.29 is 31.9 Å². The average molecular weight is 557 g/mol. The second-order valence-corrected chi connectivity index (χ2v) is 13.3. The van der Waals surface area contributed by atoms with Gasteiger partial charge in [0, 0.05) is 18.2 Å². The number of sulfonamides is 1. The molecule has 4 fully saturated rings. The molecule has 2 aromatic rings. The summed E-state index contributed by atoms with van der Waals surface area (Å²) in [4.78, 5) is 27.3. The van der Waals surface area contributed by atoms with Crippen LogP contribution >= 0.6 is 0 Å². The lowest BCUT2D eigenvalue weighted by atomic mass is 9.91. The van der Waals surface area contributed by atoms with Gasteiger partial charge in [0.25, 0.3) is 5.91 Å². The lowest BCUT2D eigenvalue weighted by molar-refractivity contribution is 0.0449. The van der Waals surface area contributed by atoms with Gasteiger partial charge in [-0.15, -0.1) is 0 Å². The van der Waals surface area contributed by atoms with E-state index >= 15 is 0 Å². The molecule has 10 heteroatoms. The molecule has 2 saturated carbocycles. The summed E-state index contributed by atoms with van der Waals surface area (Å²) in [5.74, 6) is -0.939. The normalized spacial score (nSPS) is 24.3. The molecule has 2 bridgehead atoms. The largest absolute Gasteiger partial charge is 0.493 e. The topological polar surface area (TPSA) is 102 Å². The van der Waals surface area contributed by atoms with Crippen molar-refractivity contribution >= 4 is 22.0 Å². The van der Waals surface area contributed by atoms with Gasteiger partial charge < -0.3 is 14.4 Å². The molecule has 0 radical (unpaired) electrons. The Labute approximate surface area is 227 Å². The van der Waals surface area contributed by atoms with Crippen LogP contribution in [0.5, 0.6) is 5.75 Å². The van der Waals surface area contributed by atoms with E-state index in [0.29, 0.717) is 25.2 Å². The number of carbonyl (C=O) groups is 2. The van der Waals surface area contributed by atoms with E-state index in [2.05, 4.69) is 0 Å². The molecule has 2 heterocycles. The number of hydrogen-bond donors (Lipinski definition) is 1. The molecule has 2 aromatic carbocycles. The SMILES string of the molecule is O=C(NS(=O)(=O)C1CC1)c1cc(C2CC2)c(OCC2C[C@H]3CC[C@@H](C2)N3C(=O)OCc2ccccc2)cc1F. The molecule has 3 atom stereocenters. The highest BCUT2D eigenvalue weighted by Gasteiger charge is 2.44. The van der Waals surface area contributed by atoms with Gasteiger partial charge in [-0.3, -0.25) is 4.79 Å². The molecule has 208 valence electrons. The molecule has 0 aromatic heterocycles. The second kappa shape index (κ2) is 10.4. The van der Waals surface area contributed by atoms with Crippen molar-refractivity contribution in [2.75, 3.05) is 6.61 Å². The van der Waals surface area contributed by atoms with E-state index in [1.807, 2.05) is 40.0 Å². The minimum absolute atomic E-state index is 0.0970. The lowest BCUT2D eigenvalue weighted by Crippen LogP contribution is -2.47. The van der Waals surface area contributed by atoms with E-state index < -0.39 is 27.0 Å². The maximum absolute atomic E-state index is 15.0. The zero-order chi connectivity index (χ0) is 27.1. The number of benzene rings is 2. The summed E-state index contributed by atoms with van der Waals surface area (Å²) in [6, 6.07) is 12.5. The molecule has 2 aliphatic heterocycles. The Kier molecular flexibility index (Phi) is 6.99. The summed E-state index contributed by atoms with van der Waals surface area (Å²) < 4.78 is 53.1. The third kappa shape index (κ3) is 5.76. The Morgan fingerprint density at radius 3 is 2.31 bits per heavy atom. The zero-order valence-electron chi connectivity index (χ0n) is 21.7. The third-order valence-corrected chi connectivity index (χ3v) is 10.1. The Hall–Kier alpha value is -3.14. The van der Waals surface area contributed by atoms with Gasteiger partial charge in [-0.2, -0.15) is 0 Å². The van der Waals surface area contributed by atoms with E-state index in [0.717, 1.165) is 49.7 Å². The van der Waals surface area contributed by atoms with Crippen molar-refractivity contribution in [2.24, 2.45) is 5.92 Å². The van der Waals surface area contributed by atoms with Crippen LogP contribution in [-0.2, 0) is 21.4 Å². The van der Waals surface area contributed by atoms with Crippen LogP contribution in [0.3, 0.4) is 0 Å². The first-order valence-corrected chi connectivity index (χ1v) is 15.3. The Morgan fingerprint density at radius 2 is 1.67 bits per heavy atom. The first-order chi connectivity index (χ1) is 18.8. The van der Waals surface area contributed by atoms with E-state index in [9.17, 15) is 22.4 Å². The van der Waals surface area contributed by atoms with E-state index in [4.69, 9.17) is 9.47 Å². The quantitative estimate of drug-likeness (QED) is 0.472. The predicted octanol–water partition coefficient (Wildman–Crippen LogP) is 4.88. The van der Waals surface area contributed by atoms with Gasteiger partial charge in [-0.25, -0.2) is 22.3 Å². The fourth-order valence-electron chi connectivity index (χ4n) is 5.96. The molecule has 6 rings (SSSR count).